The molecule has 0 saturated carbocycles. The van der Waals surface area contributed by atoms with E-state index in [4.69, 9.17) is 14.2 Å². The van der Waals surface area contributed by atoms with Crippen LogP contribution < -0.4 is 14.2 Å². The molecule has 0 N–H and O–H groups in total. The van der Waals surface area contributed by atoms with E-state index in [1.807, 2.05) is 30.3 Å². The van der Waals surface area contributed by atoms with E-state index < -0.39 is 4.92 Å². The third-order valence-electron chi connectivity index (χ3n) is 2.90. The van der Waals surface area contributed by atoms with Gasteiger partial charge >= 0.3 is 5.69 Å². The van der Waals surface area contributed by atoms with E-state index >= 15 is 0 Å². The second-order valence-corrected chi connectivity index (χ2v) is 4.21. The van der Waals surface area contributed by atoms with Crippen molar-refractivity contribution in [1.29, 1.82) is 0 Å². The Bertz CT molecular complexity index is 627. The summed E-state index contributed by atoms with van der Waals surface area (Å²) in [6, 6.07) is 12.3. The van der Waals surface area contributed by atoms with Crippen LogP contribution in [0.3, 0.4) is 0 Å². The highest BCUT2D eigenvalue weighted by Crippen LogP contribution is 2.39. The quantitative estimate of drug-likeness (QED) is 0.603. The fourth-order valence-electron chi connectivity index (χ4n) is 1.84. The summed E-state index contributed by atoms with van der Waals surface area (Å²) in [6.07, 6.45) is 0. The first-order valence-corrected chi connectivity index (χ1v) is 6.23. The van der Waals surface area contributed by atoms with Gasteiger partial charge in [-0.2, -0.15) is 0 Å². The zero-order chi connectivity index (χ0) is 15.2. The van der Waals surface area contributed by atoms with Crippen molar-refractivity contribution >= 4 is 5.69 Å². The van der Waals surface area contributed by atoms with E-state index in [1.54, 1.807) is 0 Å². The van der Waals surface area contributed by atoms with E-state index in [0.29, 0.717) is 18.1 Å². The second-order valence-electron chi connectivity index (χ2n) is 4.21. The zero-order valence-electron chi connectivity index (χ0n) is 11.7. The number of hydrogen-bond donors (Lipinski definition) is 0. The van der Waals surface area contributed by atoms with Crippen LogP contribution in [-0.4, -0.2) is 19.1 Å². The standard InChI is InChI=1S/C15H15NO5/c1-19-13-9-14(20-2)15(8-12(13)16(17)18)21-10-11-6-4-3-5-7-11/h3-9H,10H2,1-2H3. The van der Waals surface area contributed by atoms with Crippen molar-refractivity contribution in [2.24, 2.45) is 0 Å². The summed E-state index contributed by atoms with van der Waals surface area (Å²) in [6.45, 7) is 0.292. The Hall–Kier alpha value is -2.76. The van der Waals surface area contributed by atoms with E-state index in [1.165, 1.54) is 26.4 Å². The molecule has 6 heteroatoms. The molecule has 21 heavy (non-hydrogen) atoms. The van der Waals surface area contributed by atoms with Crippen LogP contribution in [0, 0.1) is 10.1 Å². The van der Waals surface area contributed by atoms with Crippen LogP contribution in [-0.2, 0) is 6.61 Å². The number of nitro groups is 1. The number of nitrogens with zero attached hydrogens (tertiary/aromatic N) is 1. The Morgan fingerprint density at radius 2 is 1.67 bits per heavy atom. The lowest BCUT2D eigenvalue weighted by Crippen LogP contribution is -2.00. The number of benzene rings is 2. The molecule has 2 aromatic rings. The first-order valence-electron chi connectivity index (χ1n) is 6.23. The molecule has 0 atom stereocenters. The summed E-state index contributed by atoms with van der Waals surface area (Å²) in [5.74, 6) is 0.811. The van der Waals surface area contributed by atoms with Crippen molar-refractivity contribution in [2.45, 2.75) is 6.61 Å². The average Bonchev–Trinajstić information content (AvgIpc) is 2.52. The number of rotatable bonds is 6. The largest absolute Gasteiger partial charge is 0.493 e. The molecule has 2 rings (SSSR count). The normalized spacial score (nSPS) is 10.0. The molecule has 0 amide bonds. The summed E-state index contributed by atoms with van der Waals surface area (Å²) >= 11 is 0. The molecule has 0 aliphatic carbocycles. The zero-order valence-corrected chi connectivity index (χ0v) is 11.7. The topological polar surface area (TPSA) is 70.8 Å². The van der Waals surface area contributed by atoms with Gasteiger partial charge in [0.05, 0.1) is 25.2 Å². The molecular weight excluding hydrogens is 274 g/mol. The van der Waals surface area contributed by atoms with Crippen molar-refractivity contribution in [2.75, 3.05) is 14.2 Å². The minimum Gasteiger partial charge on any atom is -0.493 e. The number of ether oxygens (including phenoxy) is 3. The molecular formula is C15H15NO5. The SMILES string of the molecule is COc1cc(OC)c([N+](=O)[O-])cc1OCc1ccccc1. The van der Waals surface area contributed by atoms with E-state index in [9.17, 15) is 10.1 Å². The minimum absolute atomic E-state index is 0.129. The Labute approximate surface area is 122 Å². The molecule has 0 bridgehead atoms. The maximum atomic E-state index is 11.0. The molecule has 0 radical (unpaired) electrons. The predicted molar refractivity (Wildman–Crippen MR) is 77.0 cm³/mol. The Morgan fingerprint density at radius 3 is 2.24 bits per heavy atom. The lowest BCUT2D eigenvalue weighted by atomic mass is 10.2. The van der Waals surface area contributed by atoms with Gasteiger partial charge in [0.1, 0.15) is 6.61 Å². The maximum absolute atomic E-state index is 11.0. The van der Waals surface area contributed by atoms with Gasteiger partial charge in [0.25, 0.3) is 0 Å². The van der Waals surface area contributed by atoms with Crippen molar-refractivity contribution in [3.8, 4) is 17.2 Å². The molecule has 0 heterocycles. The van der Waals surface area contributed by atoms with Crippen LogP contribution in [0.25, 0.3) is 0 Å². The Balaban J connectivity index is 2.29. The van der Waals surface area contributed by atoms with Gasteiger partial charge < -0.3 is 14.2 Å². The molecule has 0 aliphatic rings. The van der Waals surface area contributed by atoms with E-state index in [0.717, 1.165) is 5.56 Å². The third kappa shape index (κ3) is 3.42. The summed E-state index contributed by atoms with van der Waals surface area (Å²) in [4.78, 5) is 10.5. The van der Waals surface area contributed by atoms with E-state index in [2.05, 4.69) is 0 Å². The number of nitro benzene ring substituents is 1. The monoisotopic (exact) mass is 289 g/mol. The smallest absolute Gasteiger partial charge is 0.314 e. The van der Waals surface area contributed by atoms with Gasteiger partial charge in [-0.05, 0) is 5.56 Å². The molecule has 0 fully saturated rings. The Morgan fingerprint density at radius 1 is 1.00 bits per heavy atom. The van der Waals surface area contributed by atoms with Crippen LogP contribution in [0.5, 0.6) is 17.2 Å². The molecule has 110 valence electrons. The third-order valence-corrected chi connectivity index (χ3v) is 2.90. The van der Waals surface area contributed by atoms with Crippen molar-refractivity contribution in [3.05, 3.63) is 58.1 Å². The molecule has 2 aromatic carbocycles. The highest BCUT2D eigenvalue weighted by atomic mass is 16.6. The van der Waals surface area contributed by atoms with Gasteiger partial charge in [-0.15, -0.1) is 0 Å². The van der Waals surface area contributed by atoms with Crippen LogP contribution in [0.15, 0.2) is 42.5 Å². The molecule has 6 nitrogen and oxygen atoms in total. The van der Waals surface area contributed by atoms with Crippen molar-refractivity contribution in [1.82, 2.24) is 0 Å². The van der Waals surface area contributed by atoms with Crippen LogP contribution in [0.1, 0.15) is 5.56 Å². The van der Waals surface area contributed by atoms with Gasteiger partial charge in [0.2, 0.25) is 5.75 Å². The lowest BCUT2D eigenvalue weighted by Gasteiger charge is -2.12. The first-order chi connectivity index (χ1) is 10.2. The van der Waals surface area contributed by atoms with E-state index in [-0.39, 0.29) is 11.4 Å². The number of hydrogen-bond acceptors (Lipinski definition) is 5. The summed E-state index contributed by atoms with van der Waals surface area (Å²) in [7, 11) is 2.84. The minimum atomic E-state index is -0.520. The first kappa shape index (κ1) is 14.6. The fourth-order valence-corrected chi connectivity index (χ4v) is 1.84. The van der Waals surface area contributed by atoms with Crippen LogP contribution in [0.4, 0.5) is 5.69 Å². The Kier molecular flexibility index (Phi) is 4.61. The predicted octanol–water partition coefficient (Wildman–Crippen LogP) is 3.19. The van der Waals surface area contributed by atoms with Crippen molar-refractivity contribution < 1.29 is 19.1 Å². The summed E-state index contributed by atoms with van der Waals surface area (Å²) in [5.41, 5.74) is 0.791. The maximum Gasteiger partial charge on any atom is 0.314 e. The van der Waals surface area contributed by atoms with Crippen molar-refractivity contribution in [3.63, 3.8) is 0 Å². The van der Waals surface area contributed by atoms with Gasteiger partial charge in [-0.25, -0.2) is 0 Å². The average molecular weight is 289 g/mol. The fraction of sp³-hybridized carbons (Fsp3) is 0.200. The molecule has 0 aromatic heterocycles. The lowest BCUT2D eigenvalue weighted by molar-refractivity contribution is -0.385. The highest BCUT2D eigenvalue weighted by molar-refractivity contribution is 5.58. The summed E-state index contributed by atoms with van der Waals surface area (Å²) in [5, 5.41) is 11.0. The number of methoxy groups -OCH3 is 2. The van der Waals surface area contributed by atoms with Gasteiger partial charge in [0.15, 0.2) is 11.5 Å². The molecule has 0 aliphatic heterocycles. The second kappa shape index (κ2) is 6.60. The van der Waals surface area contributed by atoms with Crippen LogP contribution in [0.2, 0.25) is 0 Å². The molecule has 0 unspecified atom stereocenters. The molecule has 0 spiro atoms. The van der Waals surface area contributed by atoms with Gasteiger partial charge in [-0.3, -0.25) is 10.1 Å². The molecule has 0 saturated heterocycles. The van der Waals surface area contributed by atoms with Crippen LogP contribution >= 0.6 is 0 Å². The highest BCUT2D eigenvalue weighted by Gasteiger charge is 2.20. The van der Waals surface area contributed by atoms with Gasteiger partial charge in [-0.1, -0.05) is 30.3 Å². The van der Waals surface area contributed by atoms with Gasteiger partial charge in [0, 0.05) is 6.07 Å². The summed E-state index contributed by atoms with van der Waals surface area (Å²) < 4.78 is 15.8.